The largest absolute Gasteiger partial charge is 0.469 e. The molecular formula is C8H14O2. The van der Waals surface area contributed by atoms with E-state index in [0.29, 0.717) is 12.3 Å². The number of hydrogen-bond acceptors (Lipinski definition) is 2. The molecule has 0 aromatic carbocycles. The normalized spacial score (nSPS) is 10.8. The van der Waals surface area contributed by atoms with Crippen LogP contribution in [-0.2, 0) is 9.53 Å². The van der Waals surface area contributed by atoms with Gasteiger partial charge in [-0.25, -0.2) is 0 Å². The standard InChI is InChI=1S/C8H14O2/c1-7(2)5-4-6-8(9)10-3/h4-5,7H,6H2,1-3H3/b5-4-. The quantitative estimate of drug-likeness (QED) is 0.443. The van der Waals surface area contributed by atoms with Crippen LogP contribution in [0.15, 0.2) is 12.2 Å². The van der Waals surface area contributed by atoms with Gasteiger partial charge in [0.15, 0.2) is 0 Å². The lowest BCUT2D eigenvalue weighted by Gasteiger charge is -1.93. The van der Waals surface area contributed by atoms with Crippen molar-refractivity contribution in [2.75, 3.05) is 7.11 Å². The molecule has 0 fully saturated rings. The van der Waals surface area contributed by atoms with Crippen LogP contribution in [-0.4, -0.2) is 13.1 Å². The van der Waals surface area contributed by atoms with Crippen LogP contribution in [0.3, 0.4) is 0 Å². The predicted octanol–water partition coefficient (Wildman–Crippen LogP) is 1.76. The first kappa shape index (κ1) is 9.21. The minimum absolute atomic E-state index is 0.183. The molecule has 2 heteroatoms. The second-order valence-electron chi connectivity index (χ2n) is 2.45. The third kappa shape index (κ3) is 5.35. The second-order valence-corrected chi connectivity index (χ2v) is 2.45. The minimum Gasteiger partial charge on any atom is -0.469 e. The van der Waals surface area contributed by atoms with Crippen LogP contribution in [0.4, 0.5) is 0 Å². The van der Waals surface area contributed by atoms with E-state index in [1.165, 1.54) is 7.11 Å². The lowest BCUT2D eigenvalue weighted by molar-refractivity contribution is -0.139. The van der Waals surface area contributed by atoms with Crippen LogP contribution in [0.5, 0.6) is 0 Å². The topological polar surface area (TPSA) is 26.3 Å². The van der Waals surface area contributed by atoms with Crippen molar-refractivity contribution in [3.05, 3.63) is 12.2 Å². The van der Waals surface area contributed by atoms with Crippen molar-refractivity contribution in [1.82, 2.24) is 0 Å². The Labute approximate surface area is 61.9 Å². The Kier molecular flexibility index (Phi) is 4.63. The Bertz CT molecular complexity index is 125. The maximum absolute atomic E-state index is 10.5. The van der Waals surface area contributed by atoms with Gasteiger partial charge in [-0.15, -0.1) is 0 Å². The van der Waals surface area contributed by atoms with Gasteiger partial charge in [-0.05, 0) is 5.92 Å². The monoisotopic (exact) mass is 142 g/mol. The van der Waals surface area contributed by atoms with E-state index in [1.807, 2.05) is 12.2 Å². The van der Waals surface area contributed by atoms with Crippen LogP contribution >= 0.6 is 0 Å². The molecule has 0 aliphatic carbocycles. The fourth-order valence-electron chi connectivity index (χ4n) is 0.520. The molecular weight excluding hydrogens is 128 g/mol. The molecule has 0 heterocycles. The summed E-state index contributed by atoms with van der Waals surface area (Å²) in [5, 5.41) is 0. The molecule has 0 spiro atoms. The Balaban J connectivity index is 3.43. The molecule has 0 N–H and O–H groups in total. The third-order valence-corrected chi connectivity index (χ3v) is 1.03. The number of methoxy groups -OCH3 is 1. The zero-order valence-corrected chi connectivity index (χ0v) is 6.76. The number of esters is 1. The Morgan fingerprint density at radius 3 is 2.60 bits per heavy atom. The highest BCUT2D eigenvalue weighted by molar-refractivity contribution is 5.70. The zero-order valence-electron chi connectivity index (χ0n) is 6.76. The molecule has 0 unspecified atom stereocenters. The molecule has 0 amide bonds. The van der Waals surface area contributed by atoms with E-state index in [2.05, 4.69) is 18.6 Å². The van der Waals surface area contributed by atoms with Crippen LogP contribution < -0.4 is 0 Å². The van der Waals surface area contributed by atoms with Crippen molar-refractivity contribution in [3.8, 4) is 0 Å². The van der Waals surface area contributed by atoms with Crippen LogP contribution in [0.2, 0.25) is 0 Å². The number of allylic oxidation sites excluding steroid dienone is 1. The van der Waals surface area contributed by atoms with E-state index < -0.39 is 0 Å². The SMILES string of the molecule is COC(=O)C/C=C\C(C)C. The van der Waals surface area contributed by atoms with Gasteiger partial charge in [0, 0.05) is 0 Å². The molecule has 0 aliphatic rings. The first-order valence-electron chi connectivity index (χ1n) is 3.40. The van der Waals surface area contributed by atoms with E-state index in [0.717, 1.165) is 0 Å². The average molecular weight is 142 g/mol. The van der Waals surface area contributed by atoms with Gasteiger partial charge < -0.3 is 4.74 Å². The van der Waals surface area contributed by atoms with E-state index >= 15 is 0 Å². The van der Waals surface area contributed by atoms with E-state index in [9.17, 15) is 4.79 Å². The predicted molar refractivity (Wildman–Crippen MR) is 40.6 cm³/mol. The van der Waals surface area contributed by atoms with Crippen molar-refractivity contribution in [1.29, 1.82) is 0 Å². The Morgan fingerprint density at radius 2 is 2.20 bits per heavy atom. The van der Waals surface area contributed by atoms with Crippen molar-refractivity contribution in [3.63, 3.8) is 0 Å². The number of carbonyl (C=O) groups excluding carboxylic acids is 1. The number of ether oxygens (including phenoxy) is 1. The van der Waals surface area contributed by atoms with Gasteiger partial charge in [0.25, 0.3) is 0 Å². The van der Waals surface area contributed by atoms with Gasteiger partial charge in [-0.3, -0.25) is 4.79 Å². The fourth-order valence-corrected chi connectivity index (χ4v) is 0.520. The van der Waals surface area contributed by atoms with E-state index in [4.69, 9.17) is 0 Å². The summed E-state index contributed by atoms with van der Waals surface area (Å²) in [7, 11) is 1.39. The molecule has 0 aliphatic heterocycles. The summed E-state index contributed by atoms with van der Waals surface area (Å²) in [5.74, 6) is 0.321. The maximum Gasteiger partial charge on any atom is 0.309 e. The average Bonchev–Trinajstić information content (AvgIpc) is 1.87. The van der Waals surface area contributed by atoms with Crippen LogP contribution in [0.25, 0.3) is 0 Å². The van der Waals surface area contributed by atoms with Gasteiger partial charge in [0.1, 0.15) is 0 Å². The van der Waals surface area contributed by atoms with Gasteiger partial charge in [0.2, 0.25) is 0 Å². The molecule has 0 aromatic heterocycles. The highest BCUT2D eigenvalue weighted by atomic mass is 16.5. The smallest absolute Gasteiger partial charge is 0.309 e. The highest BCUT2D eigenvalue weighted by Crippen LogP contribution is 1.95. The van der Waals surface area contributed by atoms with E-state index in [-0.39, 0.29) is 5.97 Å². The van der Waals surface area contributed by atoms with Gasteiger partial charge >= 0.3 is 5.97 Å². The molecule has 58 valence electrons. The molecule has 0 rings (SSSR count). The molecule has 2 nitrogen and oxygen atoms in total. The summed E-state index contributed by atoms with van der Waals surface area (Å²) >= 11 is 0. The van der Waals surface area contributed by atoms with Crippen molar-refractivity contribution >= 4 is 5.97 Å². The van der Waals surface area contributed by atoms with Crippen LogP contribution in [0, 0.1) is 5.92 Å². The first-order valence-corrected chi connectivity index (χ1v) is 3.40. The summed E-state index contributed by atoms with van der Waals surface area (Å²) in [6.45, 7) is 4.13. The fraction of sp³-hybridized carbons (Fsp3) is 0.625. The van der Waals surface area contributed by atoms with Crippen molar-refractivity contribution in [2.24, 2.45) is 5.92 Å². The molecule has 0 radical (unpaired) electrons. The molecule has 0 bridgehead atoms. The molecule has 0 atom stereocenters. The number of rotatable bonds is 3. The molecule has 0 saturated heterocycles. The lowest BCUT2D eigenvalue weighted by Crippen LogP contribution is -1.96. The third-order valence-electron chi connectivity index (χ3n) is 1.03. The van der Waals surface area contributed by atoms with Gasteiger partial charge in [-0.1, -0.05) is 26.0 Å². The summed E-state index contributed by atoms with van der Waals surface area (Å²) in [6, 6.07) is 0. The van der Waals surface area contributed by atoms with Crippen molar-refractivity contribution < 1.29 is 9.53 Å². The summed E-state index contributed by atoms with van der Waals surface area (Å²) in [6.07, 6.45) is 4.20. The van der Waals surface area contributed by atoms with Gasteiger partial charge in [-0.2, -0.15) is 0 Å². The first-order chi connectivity index (χ1) is 4.66. The molecule has 0 saturated carbocycles. The number of carbonyl (C=O) groups is 1. The molecule has 10 heavy (non-hydrogen) atoms. The van der Waals surface area contributed by atoms with E-state index in [1.54, 1.807) is 0 Å². The zero-order chi connectivity index (χ0) is 7.98. The second kappa shape index (κ2) is 5.03. The van der Waals surface area contributed by atoms with Gasteiger partial charge in [0.05, 0.1) is 13.5 Å². The van der Waals surface area contributed by atoms with Crippen LogP contribution in [0.1, 0.15) is 20.3 Å². The van der Waals surface area contributed by atoms with Crippen molar-refractivity contribution in [2.45, 2.75) is 20.3 Å². The Hall–Kier alpha value is -0.790. The summed E-state index contributed by atoms with van der Waals surface area (Å²) in [5.41, 5.74) is 0. The molecule has 0 aromatic rings. The number of hydrogen-bond donors (Lipinski definition) is 0. The highest BCUT2D eigenvalue weighted by Gasteiger charge is 1.93. The minimum atomic E-state index is -0.183. The maximum atomic E-state index is 10.5. The lowest BCUT2D eigenvalue weighted by atomic mass is 10.2. The summed E-state index contributed by atoms with van der Waals surface area (Å²) in [4.78, 5) is 10.5. The Morgan fingerprint density at radius 1 is 1.60 bits per heavy atom. The summed E-state index contributed by atoms with van der Waals surface area (Å²) < 4.78 is 4.44.